The predicted molar refractivity (Wildman–Crippen MR) is 97.6 cm³/mol. The number of carbonyl (C=O) groups is 1. The van der Waals surface area contributed by atoms with Gasteiger partial charge in [0.05, 0.1) is 4.90 Å². The zero-order chi connectivity index (χ0) is 19.6. The number of carbonyl (C=O) groups excluding carboxylic acids is 1. The molecule has 0 saturated heterocycles. The Morgan fingerprint density at radius 1 is 1.15 bits per heavy atom. The van der Waals surface area contributed by atoms with Crippen molar-refractivity contribution in [1.29, 1.82) is 0 Å². The Labute approximate surface area is 154 Å². The standard InChI is InChI=1S/C18H15NO7S/c1-11-8-18(21)26-16-9-13(4-7-15(11)16)25-10-17(20)19-12-2-5-14(6-3-12)27(22,23)24/h2-9H,10H2,1H3,(H,19,20)(H,22,23,24). The SMILES string of the molecule is Cc1cc(=O)oc2cc(OCC(=O)Nc3ccc(S(=O)(=O)O)cc3)ccc12. The molecule has 0 aliphatic rings. The molecule has 9 heteroatoms. The highest BCUT2D eigenvalue weighted by molar-refractivity contribution is 7.85. The second-order valence-corrected chi connectivity index (χ2v) is 7.16. The molecule has 0 atom stereocenters. The van der Waals surface area contributed by atoms with Gasteiger partial charge in [-0.05, 0) is 48.9 Å². The number of hydrogen-bond donors (Lipinski definition) is 2. The monoisotopic (exact) mass is 389 g/mol. The van der Waals surface area contributed by atoms with Gasteiger partial charge in [-0.2, -0.15) is 8.42 Å². The van der Waals surface area contributed by atoms with E-state index >= 15 is 0 Å². The van der Waals surface area contributed by atoms with Crippen molar-refractivity contribution in [3.05, 3.63) is 64.5 Å². The second kappa shape index (κ2) is 7.22. The van der Waals surface area contributed by atoms with E-state index in [4.69, 9.17) is 13.7 Å². The van der Waals surface area contributed by atoms with Gasteiger partial charge in [-0.1, -0.05) is 0 Å². The molecule has 1 heterocycles. The molecule has 0 fully saturated rings. The molecule has 2 aromatic carbocycles. The normalized spacial score (nSPS) is 11.3. The number of fused-ring (bicyclic) bond motifs is 1. The fraction of sp³-hybridized carbons (Fsp3) is 0.111. The minimum absolute atomic E-state index is 0.273. The second-order valence-electron chi connectivity index (χ2n) is 5.74. The van der Waals surface area contributed by atoms with Crippen LogP contribution in [0.4, 0.5) is 5.69 Å². The van der Waals surface area contributed by atoms with E-state index in [1.54, 1.807) is 19.1 Å². The molecule has 3 rings (SSSR count). The van der Waals surface area contributed by atoms with E-state index in [-0.39, 0.29) is 11.5 Å². The van der Waals surface area contributed by atoms with E-state index in [0.29, 0.717) is 17.0 Å². The van der Waals surface area contributed by atoms with Gasteiger partial charge < -0.3 is 14.5 Å². The summed E-state index contributed by atoms with van der Waals surface area (Å²) in [5, 5.41) is 3.30. The van der Waals surface area contributed by atoms with Crippen LogP contribution in [0.2, 0.25) is 0 Å². The van der Waals surface area contributed by atoms with Crippen molar-refractivity contribution in [3.8, 4) is 5.75 Å². The largest absolute Gasteiger partial charge is 0.484 e. The number of hydrogen-bond acceptors (Lipinski definition) is 6. The van der Waals surface area contributed by atoms with E-state index < -0.39 is 21.7 Å². The topological polar surface area (TPSA) is 123 Å². The Hall–Kier alpha value is -3.17. The summed E-state index contributed by atoms with van der Waals surface area (Å²) in [6.07, 6.45) is 0. The van der Waals surface area contributed by atoms with E-state index in [1.165, 1.54) is 36.4 Å². The van der Waals surface area contributed by atoms with Gasteiger partial charge in [0.15, 0.2) is 6.61 Å². The fourth-order valence-corrected chi connectivity index (χ4v) is 2.93. The predicted octanol–water partition coefficient (Wildman–Crippen LogP) is 2.37. The lowest BCUT2D eigenvalue weighted by Gasteiger charge is -2.09. The lowest BCUT2D eigenvalue weighted by atomic mass is 10.1. The van der Waals surface area contributed by atoms with E-state index in [9.17, 15) is 18.0 Å². The summed E-state index contributed by atoms with van der Waals surface area (Å²) in [6.45, 7) is 1.49. The third-order valence-electron chi connectivity index (χ3n) is 3.73. The molecule has 0 bridgehead atoms. The third-order valence-corrected chi connectivity index (χ3v) is 4.60. The number of rotatable bonds is 5. The quantitative estimate of drug-likeness (QED) is 0.507. The van der Waals surface area contributed by atoms with Crippen molar-refractivity contribution < 1.29 is 26.9 Å². The average Bonchev–Trinajstić information content (AvgIpc) is 2.59. The van der Waals surface area contributed by atoms with E-state index in [2.05, 4.69) is 5.32 Å². The van der Waals surface area contributed by atoms with Crippen molar-refractivity contribution >= 4 is 32.7 Å². The van der Waals surface area contributed by atoms with Crippen LogP contribution >= 0.6 is 0 Å². The molecule has 0 saturated carbocycles. The van der Waals surface area contributed by atoms with E-state index in [0.717, 1.165) is 10.9 Å². The molecule has 0 spiro atoms. The Balaban J connectivity index is 1.65. The van der Waals surface area contributed by atoms with Crippen molar-refractivity contribution in [2.45, 2.75) is 11.8 Å². The van der Waals surface area contributed by atoms with Crippen molar-refractivity contribution in [1.82, 2.24) is 0 Å². The molecule has 1 aromatic heterocycles. The summed E-state index contributed by atoms with van der Waals surface area (Å²) < 4.78 is 41.4. The maximum atomic E-state index is 12.0. The first-order chi connectivity index (χ1) is 12.7. The number of amides is 1. The number of nitrogens with one attached hydrogen (secondary N) is 1. The molecule has 140 valence electrons. The molecule has 0 unspecified atom stereocenters. The first-order valence-electron chi connectivity index (χ1n) is 7.77. The Kier molecular flexibility index (Phi) is 4.98. The summed E-state index contributed by atoms with van der Waals surface area (Å²) >= 11 is 0. The van der Waals surface area contributed by atoms with Crippen molar-refractivity contribution in [3.63, 3.8) is 0 Å². The van der Waals surface area contributed by atoms with Crippen LogP contribution < -0.4 is 15.7 Å². The van der Waals surface area contributed by atoms with Crippen molar-refractivity contribution in [2.75, 3.05) is 11.9 Å². The lowest BCUT2D eigenvalue weighted by Crippen LogP contribution is -2.20. The summed E-state index contributed by atoms with van der Waals surface area (Å²) in [7, 11) is -4.29. The highest BCUT2D eigenvalue weighted by atomic mass is 32.2. The zero-order valence-electron chi connectivity index (χ0n) is 14.1. The van der Waals surface area contributed by atoms with Gasteiger partial charge in [0, 0.05) is 23.2 Å². The molecule has 27 heavy (non-hydrogen) atoms. The third kappa shape index (κ3) is 4.52. The highest BCUT2D eigenvalue weighted by Gasteiger charge is 2.10. The maximum absolute atomic E-state index is 12.0. The number of anilines is 1. The fourth-order valence-electron chi connectivity index (χ4n) is 2.45. The highest BCUT2D eigenvalue weighted by Crippen LogP contribution is 2.22. The number of aryl methyl sites for hydroxylation is 1. The Morgan fingerprint density at radius 2 is 1.85 bits per heavy atom. The maximum Gasteiger partial charge on any atom is 0.336 e. The molecule has 1 amide bonds. The van der Waals surface area contributed by atoms with Gasteiger partial charge >= 0.3 is 5.63 Å². The number of benzene rings is 2. The van der Waals surface area contributed by atoms with Crippen LogP contribution in [0.25, 0.3) is 11.0 Å². The molecule has 2 N–H and O–H groups in total. The van der Waals surface area contributed by atoms with Crippen LogP contribution in [0.15, 0.2) is 62.6 Å². The summed E-state index contributed by atoms with van der Waals surface area (Å²) in [5.41, 5.74) is 1.01. The van der Waals surface area contributed by atoms with Crippen LogP contribution in [-0.2, 0) is 14.9 Å². The van der Waals surface area contributed by atoms with Crippen LogP contribution in [0.5, 0.6) is 5.75 Å². The van der Waals surface area contributed by atoms with Gasteiger partial charge in [-0.25, -0.2) is 4.79 Å². The Bertz CT molecular complexity index is 1160. The van der Waals surface area contributed by atoms with Crippen LogP contribution in [-0.4, -0.2) is 25.5 Å². The summed E-state index contributed by atoms with van der Waals surface area (Å²) in [4.78, 5) is 23.1. The number of ether oxygens (including phenoxy) is 1. The van der Waals surface area contributed by atoms with Gasteiger partial charge in [-0.3, -0.25) is 9.35 Å². The molecule has 3 aromatic rings. The lowest BCUT2D eigenvalue weighted by molar-refractivity contribution is -0.118. The van der Waals surface area contributed by atoms with E-state index in [1.807, 2.05) is 0 Å². The summed E-state index contributed by atoms with van der Waals surface area (Å²) in [6, 6.07) is 11.3. The van der Waals surface area contributed by atoms with Gasteiger partial charge in [0.1, 0.15) is 11.3 Å². The first kappa shape index (κ1) is 18.6. The molecule has 0 radical (unpaired) electrons. The minimum atomic E-state index is -4.29. The van der Waals surface area contributed by atoms with Crippen LogP contribution in [0, 0.1) is 6.92 Å². The van der Waals surface area contributed by atoms with Gasteiger partial charge in [0.25, 0.3) is 16.0 Å². The first-order valence-corrected chi connectivity index (χ1v) is 9.21. The smallest absolute Gasteiger partial charge is 0.336 e. The zero-order valence-corrected chi connectivity index (χ0v) is 14.9. The average molecular weight is 389 g/mol. The molecular formula is C18H15NO7S. The van der Waals surface area contributed by atoms with Crippen LogP contribution in [0.1, 0.15) is 5.56 Å². The molecule has 0 aliphatic heterocycles. The molecule has 0 aliphatic carbocycles. The molecule has 8 nitrogen and oxygen atoms in total. The van der Waals surface area contributed by atoms with Crippen molar-refractivity contribution in [2.24, 2.45) is 0 Å². The van der Waals surface area contributed by atoms with Gasteiger partial charge in [0.2, 0.25) is 0 Å². The summed E-state index contributed by atoms with van der Waals surface area (Å²) in [5.74, 6) is -0.117. The Morgan fingerprint density at radius 3 is 2.52 bits per heavy atom. The van der Waals surface area contributed by atoms with Gasteiger partial charge in [-0.15, -0.1) is 0 Å². The molecular weight excluding hydrogens is 374 g/mol. The minimum Gasteiger partial charge on any atom is -0.484 e. The van der Waals surface area contributed by atoms with Crippen LogP contribution in [0.3, 0.4) is 0 Å².